The lowest BCUT2D eigenvalue weighted by Crippen LogP contribution is -2.26. The summed E-state index contributed by atoms with van der Waals surface area (Å²) >= 11 is 0. The minimum absolute atomic E-state index is 0.180. The van der Waals surface area contributed by atoms with Gasteiger partial charge in [0.1, 0.15) is 6.61 Å². The highest BCUT2D eigenvalue weighted by molar-refractivity contribution is 5.67. The molecule has 0 fully saturated rings. The SMILES string of the molecule is C=CCOC(=O)NCCC(CC)CCC(=O)O. The quantitative estimate of drug-likeness (QED) is 0.608. The van der Waals surface area contributed by atoms with Crippen molar-refractivity contribution in [3.8, 4) is 0 Å². The molecule has 0 radical (unpaired) electrons. The highest BCUT2D eigenvalue weighted by Gasteiger charge is 2.09. The van der Waals surface area contributed by atoms with Crippen molar-refractivity contribution in [1.29, 1.82) is 0 Å². The number of rotatable bonds is 9. The van der Waals surface area contributed by atoms with Crippen LogP contribution in [0.2, 0.25) is 0 Å². The fourth-order valence-electron chi connectivity index (χ4n) is 1.44. The molecule has 5 nitrogen and oxygen atoms in total. The van der Waals surface area contributed by atoms with E-state index in [9.17, 15) is 9.59 Å². The van der Waals surface area contributed by atoms with Gasteiger partial charge < -0.3 is 15.2 Å². The Hall–Kier alpha value is -1.52. The molecule has 0 aliphatic carbocycles. The molecule has 98 valence electrons. The Labute approximate surface area is 102 Å². The third kappa shape index (κ3) is 9.41. The van der Waals surface area contributed by atoms with E-state index in [-0.39, 0.29) is 13.0 Å². The Bertz CT molecular complexity index is 253. The van der Waals surface area contributed by atoms with Gasteiger partial charge in [0.15, 0.2) is 0 Å². The van der Waals surface area contributed by atoms with Gasteiger partial charge in [0.2, 0.25) is 0 Å². The predicted octanol–water partition coefficient (Wildman–Crippen LogP) is 2.18. The van der Waals surface area contributed by atoms with E-state index in [1.54, 1.807) is 0 Å². The van der Waals surface area contributed by atoms with Gasteiger partial charge in [0, 0.05) is 13.0 Å². The molecule has 0 bridgehead atoms. The molecule has 1 unspecified atom stereocenters. The van der Waals surface area contributed by atoms with Crippen LogP contribution in [0.15, 0.2) is 12.7 Å². The van der Waals surface area contributed by atoms with E-state index in [0.29, 0.717) is 18.9 Å². The van der Waals surface area contributed by atoms with Gasteiger partial charge >= 0.3 is 12.1 Å². The molecule has 0 aliphatic heterocycles. The fraction of sp³-hybridized carbons (Fsp3) is 0.667. The van der Waals surface area contributed by atoms with Crippen molar-refractivity contribution in [1.82, 2.24) is 5.32 Å². The van der Waals surface area contributed by atoms with Crippen molar-refractivity contribution in [3.63, 3.8) is 0 Å². The first-order valence-corrected chi connectivity index (χ1v) is 5.83. The van der Waals surface area contributed by atoms with Crippen LogP contribution >= 0.6 is 0 Å². The van der Waals surface area contributed by atoms with Crippen molar-refractivity contribution in [2.24, 2.45) is 5.92 Å². The van der Waals surface area contributed by atoms with Gasteiger partial charge in [-0.15, -0.1) is 0 Å². The number of carboxylic acids is 1. The summed E-state index contributed by atoms with van der Waals surface area (Å²) < 4.78 is 4.74. The molecule has 0 spiro atoms. The van der Waals surface area contributed by atoms with Gasteiger partial charge in [-0.3, -0.25) is 4.79 Å². The molecule has 0 rings (SSSR count). The summed E-state index contributed by atoms with van der Waals surface area (Å²) in [5.74, 6) is -0.451. The van der Waals surface area contributed by atoms with E-state index in [4.69, 9.17) is 9.84 Å². The van der Waals surface area contributed by atoms with Crippen LogP contribution in [-0.4, -0.2) is 30.3 Å². The van der Waals surface area contributed by atoms with Gasteiger partial charge in [-0.25, -0.2) is 4.79 Å². The Morgan fingerprint density at radius 1 is 1.47 bits per heavy atom. The number of ether oxygens (including phenoxy) is 1. The average molecular weight is 243 g/mol. The van der Waals surface area contributed by atoms with E-state index in [0.717, 1.165) is 12.8 Å². The van der Waals surface area contributed by atoms with Gasteiger partial charge in [0.05, 0.1) is 0 Å². The number of carbonyl (C=O) groups is 2. The summed E-state index contributed by atoms with van der Waals surface area (Å²) in [4.78, 5) is 21.5. The molecule has 0 aromatic heterocycles. The van der Waals surface area contributed by atoms with E-state index >= 15 is 0 Å². The number of hydrogen-bond acceptors (Lipinski definition) is 3. The normalized spacial score (nSPS) is 11.6. The maximum absolute atomic E-state index is 11.1. The minimum Gasteiger partial charge on any atom is -0.481 e. The maximum Gasteiger partial charge on any atom is 0.407 e. The van der Waals surface area contributed by atoms with Crippen LogP contribution in [0.1, 0.15) is 32.6 Å². The molecule has 0 aromatic carbocycles. The maximum atomic E-state index is 11.1. The van der Waals surface area contributed by atoms with Crippen LogP contribution in [0.3, 0.4) is 0 Å². The Kier molecular flexibility index (Phi) is 8.82. The summed E-state index contributed by atoms with van der Waals surface area (Å²) in [5, 5.41) is 11.2. The van der Waals surface area contributed by atoms with Crippen molar-refractivity contribution in [2.45, 2.75) is 32.6 Å². The third-order valence-electron chi connectivity index (χ3n) is 2.50. The van der Waals surface area contributed by atoms with Gasteiger partial charge in [-0.1, -0.05) is 26.0 Å². The first-order chi connectivity index (χ1) is 8.10. The van der Waals surface area contributed by atoms with Crippen LogP contribution in [0.25, 0.3) is 0 Å². The second-order valence-electron chi connectivity index (χ2n) is 3.81. The van der Waals surface area contributed by atoms with E-state index < -0.39 is 12.1 Å². The number of aliphatic carboxylic acids is 1. The molecule has 0 aliphatic rings. The number of nitrogens with one attached hydrogen (secondary N) is 1. The van der Waals surface area contributed by atoms with Gasteiger partial charge in [0.25, 0.3) is 0 Å². The van der Waals surface area contributed by atoms with E-state index in [1.165, 1.54) is 6.08 Å². The largest absolute Gasteiger partial charge is 0.481 e. The number of carbonyl (C=O) groups excluding carboxylic acids is 1. The smallest absolute Gasteiger partial charge is 0.407 e. The zero-order valence-corrected chi connectivity index (χ0v) is 10.3. The number of alkyl carbamates (subject to hydrolysis) is 1. The van der Waals surface area contributed by atoms with Gasteiger partial charge in [-0.05, 0) is 18.8 Å². The summed E-state index contributed by atoms with van der Waals surface area (Å²) in [6.07, 6.45) is 3.55. The number of carboxylic acid groups (broad SMARTS) is 1. The predicted molar refractivity (Wildman–Crippen MR) is 64.8 cm³/mol. The molecule has 0 aromatic rings. The monoisotopic (exact) mass is 243 g/mol. The number of hydrogen-bond donors (Lipinski definition) is 2. The second kappa shape index (κ2) is 9.69. The standard InChI is InChI=1S/C12H21NO4/c1-3-9-17-12(16)13-8-7-10(4-2)5-6-11(14)15/h3,10H,1,4-9H2,2H3,(H,13,16)(H,14,15). The van der Waals surface area contributed by atoms with Crippen molar-refractivity contribution >= 4 is 12.1 Å². The molecule has 1 amide bonds. The summed E-state index contributed by atoms with van der Waals surface area (Å²) in [6, 6.07) is 0. The van der Waals surface area contributed by atoms with Crippen LogP contribution in [0, 0.1) is 5.92 Å². The van der Waals surface area contributed by atoms with Crippen LogP contribution in [0.4, 0.5) is 4.79 Å². The van der Waals surface area contributed by atoms with Gasteiger partial charge in [-0.2, -0.15) is 0 Å². The molecule has 0 saturated carbocycles. The first kappa shape index (κ1) is 15.5. The molecular weight excluding hydrogens is 222 g/mol. The van der Waals surface area contributed by atoms with Crippen molar-refractivity contribution in [3.05, 3.63) is 12.7 Å². The Morgan fingerprint density at radius 3 is 2.71 bits per heavy atom. The summed E-state index contributed by atoms with van der Waals surface area (Å²) in [5.41, 5.74) is 0. The lowest BCUT2D eigenvalue weighted by Gasteiger charge is -2.13. The molecule has 2 N–H and O–H groups in total. The topological polar surface area (TPSA) is 75.6 Å². The third-order valence-corrected chi connectivity index (χ3v) is 2.50. The van der Waals surface area contributed by atoms with Crippen LogP contribution in [-0.2, 0) is 9.53 Å². The van der Waals surface area contributed by atoms with Crippen LogP contribution < -0.4 is 5.32 Å². The molecule has 0 saturated heterocycles. The Morgan fingerprint density at radius 2 is 2.18 bits per heavy atom. The fourth-order valence-corrected chi connectivity index (χ4v) is 1.44. The average Bonchev–Trinajstić information content (AvgIpc) is 2.30. The van der Waals surface area contributed by atoms with E-state index in [2.05, 4.69) is 11.9 Å². The second-order valence-corrected chi connectivity index (χ2v) is 3.81. The highest BCUT2D eigenvalue weighted by atomic mass is 16.5. The molecular formula is C12H21NO4. The lowest BCUT2D eigenvalue weighted by atomic mass is 9.97. The Balaban J connectivity index is 3.64. The first-order valence-electron chi connectivity index (χ1n) is 5.83. The van der Waals surface area contributed by atoms with Crippen molar-refractivity contribution in [2.75, 3.05) is 13.2 Å². The number of amides is 1. The minimum atomic E-state index is -0.776. The zero-order valence-electron chi connectivity index (χ0n) is 10.3. The van der Waals surface area contributed by atoms with Crippen LogP contribution in [0.5, 0.6) is 0 Å². The molecule has 5 heteroatoms. The summed E-state index contributed by atoms with van der Waals surface area (Å²) in [7, 11) is 0. The van der Waals surface area contributed by atoms with Crippen molar-refractivity contribution < 1.29 is 19.4 Å². The zero-order chi connectivity index (χ0) is 13.1. The molecule has 0 heterocycles. The summed E-state index contributed by atoms with van der Waals surface area (Å²) in [6.45, 7) is 6.16. The lowest BCUT2D eigenvalue weighted by molar-refractivity contribution is -0.137. The van der Waals surface area contributed by atoms with E-state index in [1.807, 2.05) is 6.92 Å². The molecule has 1 atom stereocenters. The highest BCUT2D eigenvalue weighted by Crippen LogP contribution is 2.14. The molecule has 17 heavy (non-hydrogen) atoms.